The highest BCUT2D eigenvalue weighted by atomic mass is 35.5. The van der Waals surface area contributed by atoms with E-state index in [0.717, 1.165) is 7.11 Å². The molecule has 0 radical (unpaired) electrons. The fourth-order valence-electron chi connectivity index (χ4n) is 2.30. The third-order valence-corrected chi connectivity index (χ3v) is 3.77. The van der Waals surface area contributed by atoms with Crippen molar-refractivity contribution in [2.75, 3.05) is 7.11 Å². The first kappa shape index (κ1) is 19.8. The number of halogens is 4. The molecule has 2 aromatic rings. The number of ether oxygens (including phenoxy) is 1. The van der Waals surface area contributed by atoms with Crippen molar-refractivity contribution in [3.8, 4) is 5.69 Å². The van der Waals surface area contributed by atoms with E-state index in [0.29, 0.717) is 16.4 Å². The third-order valence-electron chi connectivity index (χ3n) is 3.53. The molecule has 0 saturated carbocycles. The van der Waals surface area contributed by atoms with Crippen LogP contribution in [0.5, 0.6) is 0 Å². The van der Waals surface area contributed by atoms with E-state index < -0.39 is 30.5 Å². The van der Waals surface area contributed by atoms with Gasteiger partial charge in [0.15, 0.2) is 0 Å². The number of aromatic nitrogens is 2. The number of alkyl halides is 3. The summed E-state index contributed by atoms with van der Waals surface area (Å²) in [4.78, 5) is 23.9. The monoisotopic (exact) mass is 389 g/mol. The standard InChI is InChI=1S/C16H15ClF3N3O3/c1-9-12(8-21-23(9)11-5-3-4-10(17)6-11)14(24)22-13(15(25)26-2)7-16(18,19)20/h3-6,8,13H,7H2,1-2H3,(H,22,24)/t13-/m1/s1. The molecule has 6 nitrogen and oxygen atoms in total. The minimum atomic E-state index is -4.65. The van der Waals surface area contributed by atoms with E-state index in [1.54, 1.807) is 31.2 Å². The van der Waals surface area contributed by atoms with Crippen molar-refractivity contribution in [1.29, 1.82) is 0 Å². The summed E-state index contributed by atoms with van der Waals surface area (Å²) in [6.45, 7) is 1.57. The van der Waals surface area contributed by atoms with Crippen molar-refractivity contribution in [3.63, 3.8) is 0 Å². The Hall–Kier alpha value is -2.55. The van der Waals surface area contributed by atoms with Gasteiger partial charge in [-0.05, 0) is 25.1 Å². The number of nitrogens with zero attached hydrogens (tertiary/aromatic N) is 2. The van der Waals surface area contributed by atoms with Crippen LogP contribution in [0.25, 0.3) is 5.69 Å². The lowest BCUT2D eigenvalue weighted by Gasteiger charge is -2.18. The molecule has 0 saturated heterocycles. The van der Waals surface area contributed by atoms with Crippen molar-refractivity contribution >= 4 is 23.5 Å². The molecule has 1 amide bonds. The Kier molecular flexibility index (Phi) is 5.91. The van der Waals surface area contributed by atoms with Gasteiger partial charge in [-0.15, -0.1) is 0 Å². The number of rotatable bonds is 5. The average molecular weight is 390 g/mol. The number of methoxy groups -OCH3 is 1. The van der Waals surface area contributed by atoms with E-state index in [1.165, 1.54) is 10.9 Å². The predicted molar refractivity (Wildman–Crippen MR) is 87.3 cm³/mol. The molecule has 0 fully saturated rings. The van der Waals surface area contributed by atoms with Crippen LogP contribution >= 0.6 is 11.6 Å². The zero-order valence-corrected chi connectivity index (χ0v) is 14.6. The van der Waals surface area contributed by atoms with Crippen LogP contribution in [0.15, 0.2) is 30.5 Å². The van der Waals surface area contributed by atoms with Gasteiger partial charge in [-0.3, -0.25) is 4.79 Å². The Morgan fingerprint density at radius 1 is 1.38 bits per heavy atom. The zero-order valence-electron chi connectivity index (χ0n) is 13.8. The molecule has 2 rings (SSSR count). The van der Waals surface area contributed by atoms with Gasteiger partial charge in [0.25, 0.3) is 5.91 Å². The highest BCUT2D eigenvalue weighted by Crippen LogP contribution is 2.23. The van der Waals surface area contributed by atoms with Crippen LogP contribution in [0.2, 0.25) is 5.02 Å². The van der Waals surface area contributed by atoms with Crippen molar-refractivity contribution in [2.45, 2.75) is 25.6 Å². The second-order valence-electron chi connectivity index (χ2n) is 5.40. The maximum atomic E-state index is 12.6. The molecule has 1 aromatic carbocycles. The summed E-state index contributed by atoms with van der Waals surface area (Å²) in [6, 6.07) is 4.82. The first-order valence-corrected chi connectivity index (χ1v) is 7.76. The number of hydrogen-bond donors (Lipinski definition) is 1. The lowest BCUT2D eigenvalue weighted by molar-refractivity contribution is -0.160. The first-order valence-electron chi connectivity index (χ1n) is 7.38. The molecule has 10 heteroatoms. The Morgan fingerprint density at radius 2 is 2.08 bits per heavy atom. The van der Waals surface area contributed by atoms with Gasteiger partial charge < -0.3 is 10.1 Å². The van der Waals surface area contributed by atoms with Crippen LogP contribution in [0.1, 0.15) is 22.5 Å². The largest absolute Gasteiger partial charge is 0.467 e. The molecule has 1 atom stereocenters. The fourth-order valence-corrected chi connectivity index (χ4v) is 2.49. The molecule has 1 aromatic heterocycles. The lowest BCUT2D eigenvalue weighted by Crippen LogP contribution is -2.44. The summed E-state index contributed by atoms with van der Waals surface area (Å²) >= 11 is 5.92. The Morgan fingerprint density at radius 3 is 2.65 bits per heavy atom. The molecular formula is C16H15ClF3N3O3. The van der Waals surface area contributed by atoms with E-state index in [1.807, 2.05) is 5.32 Å². The van der Waals surface area contributed by atoms with Crippen molar-refractivity contribution < 1.29 is 27.5 Å². The van der Waals surface area contributed by atoms with E-state index in [4.69, 9.17) is 11.6 Å². The molecule has 26 heavy (non-hydrogen) atoms. The molecule has 0 bridgehead atoms. The van der Waals surface area contributed by atoms with Crippen molar-refractivity contribution in [2.24, 2.45) is 0 Å². The minimum Gasteiger partial charge on any atom is -0.467 e. The van der Waals surface area contributed by atoms with E-state index in [2.05, 4.69) is 9.84 Å². The van der Waals surface area contributed by atoms with E-state index in [9.17, 15) is 22.8 Å². The van der Waals surface area contributed by atoms with Gasteiger partial charge >= 0.3 is 12.1 Å². The topological polar surface area (TPSA) is 73.2 Å². The Bertz CT molecular complexity index is 821. The van der Waals surface area contributed by atoms with Crippen LogP contribution in [0.4, 0.5) is 13.2 Å². The SMILES string of the molecule is COC(=O)[C@@H](CC(F)(F)F)NC(=O)c1cnn(-c2cccc(Cl)c2)c1C. The van der Waals surface area contributed by atoms with E-state index >= 15 is 0 Å². The minimum absolute atomic E-state index is 0.0288. The normalized spacial score (nSPS) is 12.5. The molecular weight excluding hydrogens is 375 g/mol. The quantitative estimate of drug-likeness (QED) is 0.798. The number of carbonyl (C=O) groups excluding carboxylic acids is 2. The third kappa shape index (κ3) is 4.75. The van der Waals surface area contributed by atoms with Gasteiger partial charge in [-0.2, -0.15) is 18.3 Å². The van der Waals surface area contributed by atoms with Gasteiger partial charge in [0.05, 0.1) is 36.7 Å². The fraction of sp³-hybridized carbons (Fsp3) is 0.312. The molecule has 140 valence electrons. The van der Waals surface area contributed by atoms with Gasteiger partial charge in [0.1, 0.15) is 6.04 Å². The highest BCUT2D eigenvalue weighted by Gasteiger charge is 2.37. The Balaban J connectivity index is 2.25. The molecule has 0 unspecified atom stereocenters. The number of amides is 1. The molecule has 1 heterocycles. The van der Waals surface area contributed by atoms with Gasteiger partial charge in [0.2, 0.25) is 0 Å². The van der Waals surface area contributed by atoms with Crippen molar-refractivity contribution in [1.82, 2.24) is 15.1 Å². The summed E-state index contributed by atoms with van der Waals surface area (Å²) in [7, 11) is 0.945. The maximum absolute atomic E-state index is 12.6. The van der Waals surface area contributed by atoms with Crippen LogP contribution in [0, 0.1) is 6.92 Å². The summed E-state index contributed by atoms with van der Waals surface area (Å²) in [6.07, 6.45) is -4.98. The van der Waals surface area contributed by atoms with Gasteiger partial charge in [-0.1, -0.05) is 17.7 Å². The summed E-state index contributed by atoms with van der Waals surface area (Å²) in [5.41, 5.74) is 0.982. The van der Waals surface area contributed by atoms with Crippen LogP contribution in [0.3, 0.4) is 0 Å². The van der Waals surface area contributed by atoms with Gasteiger partial charge in [0, 0.05) is 5.02 Å². The van der Waals surface area contributed by atoms with Crippen LogP contribution < -0.4 is 5.32 Å². The highest BCUT2D eigenvalue weighted by molar-refractivity contribution is 6.30. The number of nitrogens with one attached hydrogen (secondary N) is 1. The average Bonchev–Trinajstić information content (AvgIpc) is 2.93. The Labute approximate surface area is 151 Å². The number of carbonyl (C=O) groups is 2. The predicted octanol–water partition coefficient (Wildman–Crippen LogP) is 3.06. The van der Waals surface area contributed by atoms with E-state index in [-0.39, 0.29) is 5.56 Å². The van der Waals surface area contributed by atoms with Crippen LogP contribution in [-0.4, -0.2) is 41.0 Å². The zero-order chi connectivity index (χ0) is 19.5. The molecule has 0 spiro atoms. The second-order valence-corrected chi connectivity index (χ2v) is 5.84. The molecule has 0 aliphatic rings. The maximum Gasteiger partial charge on any atom is 0.391 e. The summed E-state index contributed by atoms with van der Waals surface area (Å²) < 4.78 is 43.6. The van der Waals surface area contributed by atoms with Crippen LogP contribution in [-0.2, 0) is 9.53 Å². The first-order chi connectivity index (χ1) is 12.1. The number of benzene rings is 1. The summed E-state index contributed by atoms with van der Waals surface area (Å²) in [5, 5.41) is 6.56. The smallest absolute Gasteiger partial charge is 0.391 e. The molecule has 0 aliphatic carbocycles. The lowest BCUT2D eigenvalue weighted by atomic mass is 10.1. The number of esters is 1. The number of hydrogen-bond acceptors (Lipinski definition) is 4. The molecule has 1 N–H and O–H groups in total. The second kappa shape index (κ2) is 7.77. The van der Waals surface area contributed by atoms with Gasteiger partial charge in [-0.25, -0.2) is 9.48 Å². The van der Waals surface area contributed by atoms with Crippen molar-refractivity contribution in [3.05, 3.63) is 46.7 Å². The molecule has 0 aliphatic heterocycles. The summed E-state index contributed by atoms with van der Waals surface area (Å²) in [5.74, 6) is -2.05.